The van der Waals surface area contributed by atoms with Gasteiger partial charge in [0, 0.05) is 18.4 Å². The first kappa shape index (κ1) is 16.4. The monoisotopic (exact) mass is 282 g/mol. The normalized spacial score (nSPS) is 12.4. The smallest absolute Gasteiger partial charge is 0.348 e. The molecule has 0 amide bonds. The molecule has 0 aliphatic carbocycles. The number of rotatable bonds is 7. The summed E-state index contributed by atoms with van der Waals surface area (Å²) in [7, 11) is 1.57. The lowest BCUT2D eigenvalue weighted by atomic mass is 10.0. The summed E-state index contributed by atoms with van der Waals surface area (Å²) in [5.74, 6) is -0.916. The van der Waals surface area contributed by atoms with E-state index in [2.05, 4.69) is 4.98 Å². The number of carbonyl (C=O) groups is 1. The third kappa shape index (κ3) is 3.45. The Kier molecular flexibility index (Phi) is 5.88. The number of nitrogens with zero attached hydrogens (tertiary/aromatic N) is 2. The van der Waals surface area contributed by atoms with Gasteiger partial charge in [-0.15, -0.1) is 0 Å². The molecular formula is C14H22N2O4. The van der Waals surface area contributed by atoms with E-state index in [9.17, 15) is 9.59 Å². The van der Waals surface area contributed by atoms with Crippen molar-refractivity contribution in [2.75, 3.05) is 13.7 Å². The highest BCUT2D eigenvalue weighted by molar-refractivity contribution is 5.71. The Balaban J connectivity index is 3.51. The fraction of sp³-hybridized carbons (Fsp3) is 0.643. The average Bonchev–Trinajstić information content (AvgIpc) is 2.39. The molecule has 0 aliphatic rings. The van der Waals surface area contributed by atoms with Gasteiger partial charge in [-0.05, 0) is 19.8 Å². The van der Waals surface area contributed by atoms with Gasteiger partial charge < -0.3 is 9.84 Å². The second-order valence-electron chi connectivity index (χ2n) is 4.72. The minimum Gasteiger partial charge on any atom is -0.481 e. The van der Waals surface area contributed by atoms with Crippen molar-refractivity contribution in [3.05, 3.63) is 27.4 Å². The molecule has 0 saturated carbocycles. The molecule has 6 nitrogen and oxygen atoms in total. The fourth-order valence-electron chi connectivity index (χ4n) is 2.47. The van der Waals surface area contributed by atoms with E-state index in [1.54, 1.807) is 11.7 Å². The fourth-order valence-corrected chi connectivity index (χ4v) is 2.47. The van der Waals surface area contributed by atoms with Crippen LogP contribution in [0.25, 0.3) is 0 Å². The van der Waals surface area contributed by atoms with Gasteiger partial charge in [-0.25, -0.2) is 4.79 Å². The van der Waals surface area contributed by atoms with Crippen molar-refractivity contribution in [1.82, 2.24) is 9.55 Å². The van der Waals surface area contributed by atoms with Gasteiger partial charge in [-0.1, -0.05) is 13.8 Å². The van der Waals surface area contributed by atoms with Crippen LogP contribution in [0.2, 0.25) is 0 Å². The summed E-state index contributed by atoms with van der Waals surface area (Å²) in [4.78, 5) is 27.3. The Morgan fingerprint density at radius 1 is 1.40 bits per heavy atom. The van der Waals surface area contributed by atoms with E-state index in [0.29, 0.717) is 30.7 Å². The zero-order chi connectivity index (χ0) is 15.3. The highest BCUT2D eigenvalue weighted by Crippen LogP contribution is 2.17. The maximum atomic E-state index is 12.2. The minimum absolute atomic E-state index is 0.112. The molecule has 1 heterocycles. The van der Waals surface area contributed by atoms with Crippen LogP contribution in [0.4, 0.5) is 0 Å². The van der Waals surface area contributed by atoms with Crippen LogP contribution in [-0.4, -0.2) is 34.3 Å². The molecule has 6 heteroatoms. The third-order valence-electron chi connectivity index (χ3n) is 3.27. The van der Waals surface area contributed by atoms with Crippen LogP contribution < -0.4 is 5.69 Å². The molecule has 0 bridgehead atoms. The maximum absolute atomic E-state index is 12.2. The van der Waals surface area contributed by atoms with E-state index >= 15 is 0 Å². The van der Waals surface area contributed by atoms with E-state index < -0.39 is 5.97 Å². The predicted molar refractivity (Wildman–Crippen MR) is 75.2 cm³/mol. The summed E-state index contributed by atoms with van der Waals surface area (Å²) in [5, 5.41) is 9.07. The van der Waals surface area contributed by atoms with Gasteiger partial charge in [0.1, 0.15) is 0 Å². The van der Waals surface area contributed by atoms with Crippen molar-refractivity contribution in [2.45, 2.75) is 46.1 Å². The molecule has 112 valence electrons. The van der Waals surface area contributed by atoms with E-state index in [4.69, 9.17) is 9.84 Å². The van der Waals surface area contributed by atoms with Crippen molar-refractivity contribution >= 4 is 5.97 Å². The lowest BCUT2D eigenvalue weighted by Crippen LogP contribution is -2.33. The number of methoxy groups -OCH3 is 1. The second-order valence-corrected chi connectivity index (χ2v) is 4.72. The number of aromatic nitrogens is 2. The molecule has 1 unspecified atom stereocenters. The van der Waals surface area contributed by atoms with Crippen molar-refractivity contribution in [2.24, 2.45) is 0 Å². The Hall–Kier alpha value is -1.69. The number of ether oxygens (including phenoxy) is 1. The average molecular weight is 282 g/mol. The van der Waals surface area contributed by atoms with Crippen LogP contribution in [0, 0.1) is 0 Å². The number of hydrogen-bond donors (Lipinski definition) is 1. The van der Waals surface area contributed by atoms with E-state index in [1.165, 1.54) is 0 Å². The van der Waals surface area contributed by atoms with Crippen molar-refractivity contribution < 1.29 is 14.6 Å². The van der Waals surface area contributed by atoms with Gasteiger partial charge >= 0.3 is 11.7 Å². The Morgan fingerprint density at radius 2 is 2.05 bits per heavy atom. The number of aliphatic carboxylic acids is 1. The molecule has 0 spiro atoms. The summed E-state index contributed by atoms with van der Waals surface area (Å²) in [6.07, 6.45) is 1.02. The predicted octanol–water partition coefficient (Wildman–Crippen LogP) is 1.20. The molecule has 1 N–H and O–H groups in total. The first-order valence-electron chi connectivity index (χ1n) is 6.80. The largest absolute Gasteiger partial charge is 0.481 e. The summed E-state index contributed by atoms with van der Waals surface area (Å²) >= 11 is 0. The standard InChI is InChI=1S/C14H22N2O4/c1-5-11-10(7-13(17)18)12(6-2)16(14(19)15-11)9(3)8-20-4/h9H,5-8H2,1-4H3,(H,17,18). The minimum atomic E-state index is -0.916. The summed E-state index contributed by atoms with van der Waals surface area (Å²) in [5.41, 5.74) is 1.64. The lowest BCUT2D eigenvalue weighted by Gasteiger charge is -2.21. The van der Waals surface area contributed by atoms with Gasteiger partial charge in [0.2, 0.25) is 0 Å². The van der Waals surface area contributed by atoms with Crippen LogP contribution in [0.1, 0.15) is 43.8 Å². The number of aryl methyl sites for hydroxylation is 1. The van der Waals surface area contributed by atoms with Crippen LogP contribution in [0.3, 0.4) is 0 Å². The number of carboxylic acid groups (broad SMARTS) is 1. The molecule has 1 aromatic rings. The highest BCUT2D eigenvalue weighted by atomic mass is 16.5. The van der Waals surface area contributed by atoms with Crippen LogP contribution >= 0.6 is 0 Å². The molecule has 0 fully saturated rings. The van der Waals surface area contributed by atoms with E-state index in [1.807, 2.05) is 20.8 Å². The third-order valence-corrected chi connectivity index (χ3v) is 3.27. The van der Waals surface area contributed by atoms with Crippen LogP contribution in [-0.2, 0) is 28.8 Å². The first-order valence-corrected chi connectivity index (χ1v) is 6.80. The Labute approximate surface area is 118 Å². The number of hydrogen-bond acceptors (Lipinski definition) is 4. The van der Waals surface area contributed by atoms with Gasteiger partial charge in [0.25, 0.3) is 0 Å². The molecular weight excluding hydrogens is 260 g/mol. The lowest BCUT2D eigenvalue weighted by molar-refractivity contribution is -0.136. The molecule has 20 heavy (non-hydrogen) atoms. The van der Waals surface area contributed by atoms with E-state index in [0.717, 1.165) is 5.69 Å². The summed E-state index contributed by atoms with van der Waals surface area (Å²) in [6.45, 7) is 6.03. The SMILES string of the molecule is CCc1nc(=O)n(C(C)COC)c(CC)c1CC(=O)O. The maximum Gasteiger partial charge on any atom is 0.348 e. The van der Waals surface area contributed by atoms with Crippen LogP contribution in [0.15, 0.2) is 4.79 Å². The molecule has 0 radical (unpaired) electrons. The van der Waals surface area contributed by atoms with Gasteiger partial charge in [-0.3, -0.25) is 9.36 Å². The highest BCUT2D eigenvalue weighted by Gasteiger charge is 2.20. The molecule has 1 rings (SSSR count). The quantitative estimate of drug-likeness (QED) is 0.812. The van der Waals surface area contributed by atoms with Crippen LogP contribution in [0.5, 0.6) is 0 Å². The molecule has 0 aromatic carbocycles. The molecule has 1 atom stereocenters. The van der Waals surface area contributed by atoms with Crippen molar-refractivity contribution in [1.29, 1.82) is 0 Å². The summed E-state index contributed by atoms with van der Waals surface area (Å²) < 4.78 is 6.64. The second kappa shape index (κ2) is 7.19. The van der Waals surface area contributed by atoms with E-state index in [-0.39, 0.29) is 18.2 Å². The van der Waals surface area contributed by atoms with Gasteiger partial charge in [-0.2, -0.15) is 4.98 Å². The molecule has 1 aromatic heterocycles. The zero-order valence-corrected chi connectivity index (χ0v) is 12.5. The first-order chi connectivity index (χ1) is 9.46. The molecule has 0 saturated heterocycles. The zero-order valence-electron chi connectivity index (χ0n) is 12.5. The Morgan fingerprint density at radius 3 is 2.50 bits per heavy atom. The summed E-state index contributed by atoms with van der Waals surface area (Å²) in [6, 6.07) is -0.173. The number of carboxylic acids is 1. The van der Waals surface area contributed by atoms with Crippen molar-refractivity contribution in [3.8, 4) is 0 Å². The van der Waals surface area contributed by atoms with Gasteiger partial charge in [0.15, 0.2) is 0 Å². The van der Waals surface area contributed by atoms with Crippen molar-refractivity contribution in [3.63, 3.8) is 0 Å². The molecule has 0 aliphatic heterocycles. The Bertz CT molecular complexity index is 537. The topological polar surface area (TPSA) is 81.4 Å². The van der Waals surface area contributed by atoms with Gasteiger partial charge in [0.05, 0.1) is 24.8 Å².